The smallest absolute Gasteiger partial charge is 0.672 e. The summed E-state index contributed by atoms with van der Waals surface area (Å²) >= 11 is 0. The van der Waals surface area contributed by atoms with E-state index in [0.717, 1.165) is 0 Å². The minimum absolute atomic E-state index is 0. The van der Waals surface area contributed by atoms with Crippen molar-refractivity contribution in [2.45, 2.75) is 0 Å². The molecule has 0 aliphatic carbocycles. The molecule has 0 aliphatic rings. The van der Waals surface area contributed by atoms with Gasteiger partial charge in [-0.15, -0.1) is 0 Å². The Morgan fingerprint density at radius 3 is 0.360 bits per heavy atom. The van der Waals surface area contributed by atoms with Gasteiger partial charge in [0.2, 0.25) is 0 Å². The van der Waals surface area contributed by atoms with Gasteiger partial charge in [-0.25, -0.2) is 0 Å². The van der Waals surface area contributed by atoms with Crippen molar-refractivity contribution in [2.75, 3.05) is 0 Å². The molecule has 25 heteroatoms. The van der Waals surface area contributed by atoms with Gasteiger partial charge in [0, 0.05) is 45.9 Å². The first-order chi connectivity index (χ1) is 8.66. The zero-order valence-electron chi connectivity index (χ0n) is 11.7. The second-order valence-corrected chi connectivity index (χ2v) is 3.75. The standard InChI is InChI=1S/2Al.2Ca.5O3Si.H2O/c;;;;5*1-4(2)3;/h;;;;;;;;;1H2/q2*+3;2*+2;5*-2;. The third-order valence-corrected chi connectivity index (χ3v) is 0. The fraction of sp³-hybridized carbons (Fsp3) is 0. The summed E-state index contributed by atoms with van der Waals surface area (Å²) in [7, 11) is -18.1. The van der Waals surface area contributed by atoms with Gasteiger partial charge in [0.05, 0.1) is 0 Å². The van der Waals surface area contributed by atoms with Gasteiger partial charge in [-0.3, -0.25) is 0 Å². The van der Waals surface area contributed by atoms with E-state index in [0.29, 0.717) is 0 Å². The van der Waals surface area contributed by atoms with Gasteiger partial charge in [-0.1, -0.05) is 0 Å². The monoisotopic (exact) mass is 532 g/mol. The van der Waals surface area contributed by atoms with Crippen LogP contribution in [0.1, 0.15) is 0 Å². The molecule has 2 N–H and O–H groups in total. The minimum atomic E-state index is -3.63. The van der Waals surface area contributed by atoms with Crippen LogP contribution in [-0.2, 0) is 22.3 Å². The van der Waals surface area contributed by atoms with Crippen molar-refractivity contribution < 1.29 is 75.7 Å². The van der Waals surface area contributed by atoms with Crippen LogP contribution in [0.2, 0.25) is 0 Å². The van der Waals surface area contributed by atoms with Crippen molar-refractivity contribution in [1.29, 1.82) is 0 Å². The van der Waals surface area contributed by atoms with E-state index in [2.05, 4.69) is 0 Å². The Kier molecular flexibility index (Phi) is 142. The van der Waals surface area contributed by atoms with Crippen molar-refractivity contribution in [2.24, 2.45) is 0 Å². The first kappa shape index (κ1) is 63.3. The normalized spacial score (nSPS) is 4.80. The molecule has 0 amide bonds. The van der Waals surface area contributed by atoms with Crippen LogP contribution < -0.4 is 48.0 Å². The summed E-state index contributed by atoms with van der Waals surface area (Å²) in [6, 6.07) is 0. The summed E-state index contributed by atoms with van der Waals surface area (Å²) in [5.74, 6) is 0. The van der Waals surface area contributed by atoms with Gasteiger partial charge >= 0.3 is 110 Å². The summed E-state index contributed by atoms with van der Waals surface area (Å²) < 4.78 is 42.6. The average molecular weight is 533 g/mol. The molecule has 16 nitrogen and oxygen atoms in total. The topological polar surface area (TPSA) is 347 Å². The molecule has 0 radical (unpaired) electrons. The van der Waals surface area contributed by atoms with Gasteiger partial charge in [0.15, 0.2) is 0 Å². The Morgan fingerprint density at radius 2 is 0.360 bits per heavy atom. The quantitative estimate of drug-likeness (QED) is 0.261. The molecule has 0 bridgehead atoms. The molecule has 0 unspecified atom stereocenters. The molecule has 0 fully saturated rings. The molecule has 128 valence electrons. The Labute approximate surface area is 228 Å². The van der Waals surface area contributed by atoms with Crippen LogP contribution in [0, 0.1) is 0 Å². The van der Waals surface area contributed by atoms with Crippen molar-refractivity contribution in [1.82, 2.24) is 0 Å². The second kappa shape index (κ2) is 56.2. The van der Waals surface area contributed by atoms with Crippen LogP contribution in [0.4, 0.5) is 0 Å². The summed E-state index contributed by atoms with van der Waals surface area (Å²) in [6.07, 6.45) is 0. The van der Waals surface area contributed by atoms with Gasteiger partial charge in [-0.05, 0) is 0 Å². The molecule has 0 aromatic rings. The Bertz CT molecular complexity index is 221. The predicted molar refractivity (Wildman–Crippen MR) is 58.8 cm³/mol. The van der Waals surface area contributed by atoms with Gasteiger partial charge in [-0.2, -0.15) is 0 Å². The molecule has 0 rings (SSSR count). The molecule has 0 spiro atoms. The first-order valence-electron chi connectivity index (χ1n) is 3.06. The maximum absolute atomic E-state index is 8.52. The molecule has 0 atom stereocenters. The Morgan fingerprint density at radius 1 is 0.360 bits per heavy atom. The molecule has 0 aromatic carbocycles. The van der Waals surface area contributed by atoms with E-state index in [1.807, 2.05) is 0 Å². The van der Waals surface area contributed by atoms with E-state index in [4.69, 9.17) is 70.3 Å². The summed E-state index contributed by atoms with van der Waals surface area (Å²) in [5.41, 5.74) is 0. The van der Waals surface area contributed by atoms with Crippen LogP contribution >= 0.6 is 0 Å². The zero-order valence-corrected chi connectivity index (χ0v) is 23.4. The van der Waals surface area contributed by atoms with Crippen LogP contribution in [-0.4, -0.2) is 162 Å². The maximum atomic E-state index is 8.52. The minimum Gasteiger partial charge on any atom is -0.672 e. The fourth-order valence-corrected chi connectivity index (χ4v) is 0. The van der Waals surface area contributed by atoms with Crippen LogP contribution in [0.25, 0.3) is 0 Å². The molecule has 0 aliphatic heterocycles. The van der Waals surface area contributed by atoms with E-state index in [9.17, 15) is 0 Å². The molecule has 0 heterocycles. The summed E-state index contributed by atoms with van der Waals surface area (Å²) in [6.45, 7) is 0. The third kappa shape index (κ3) is 5390. The van der Waals surface area contributed by atoms with E-state index in [1.54, 1.807) is 0 Å². The van der Waals surface area contributed by atoms with Gasteiger partial charge in [0.1, 0.15) is 0 Å². The number of rotatable bonds is 0. The second-order valence-electron chi connectivity index (χ2n) is 1.25. The van der Waals surface area contributed by atoms with E-state index in [1.165, 1.54) is 0 Å². The molecular weight excluding hydrogens is 531 g/mol. The maximum Gasteiger partial charge on any atom is 3.00 e. The summed E-state index contributed by atoms with van der Waals surface area (Å²) in [5, 5.41) is 0. The molecular formula is H2Al2Ca2O16Si5. The molecule has 0 saturated carbocycles. The summed E-state index contributed by atoms with van der Waals surface area (Å²) in [4.78, 5) is 85.2. The Hall–Kier alpha value is 1.63. The first-order valence-corrected chi connectivity index (χ1v) is 9.19. The van der Waals surface area contributed by atoms with Crippen molar-refractivity contribution in [3.63, 3.8) is 0 Å². The van der Waals surface area contributed by atoms with Crippen LogP contribution in [0.5, 0.6) is 0 Å². The van der Waals surface area contributed by atoms with E-state index in [-0.39, 0.29) is 116 Å². The van der Waals surface area contributed by atoms with E-state index < -0.39 is 45.9 Å². The fourth-order valence-electron chi connectivity index (χ4n) is 0. The van der Waals surface area contributed by atoms with Crippen LogP contribution in [0.15, 0.2) is 0 Å². The number of hydrogen-bond acceptors (Lipinski definition) is 15. The molecule has 0 saturated heterocycles. The average Bonchev–Trinajstić information content (AvgIpc) is 1.94. The van der Waals surface area contributed by atoms with Crippen LogP contribution in [0.3, 0.4) is 0 Å². The zero-order chi connectivity index (χ0) is 17.9. The van der Waals surface area contributed by atoms with Crippen molar-refractivity contribution in [3.05, 3.63) is 0 Å². The van der Waals surface area contributed by atoms with E-state index >= 15 is 0 Å². The van der Waals surface area contributed by atoms with Crippen molar-refractivity contribution >= 4 is 156 Å². The number of hydrogen-bond donors (Lipinski definition) is 0. The van der Waals surface area contributed by atoms with Gasteiger partial charge in [0.25, 0.3) is 0 Å². The SMILES string of the molecule is O.O=[Si]([O-])[O-].O=[Si]([O-])[O-].O=[Si]([O-])[O-].O=[Si]([O-])[O-].O=[Si]([O-])[O-].[Al+3].[Al+3].[Ca+2].[Ca+2]. The third-order valence-electron chi connectivity index (χ3n) is 0. The molecule has 0 aromatic heterocycles. The molecule has 25 heavy (non-hydrogen) atoms. The van der Waals surface area contributed by atoms with Gasteiger partial charge < -0.3 is 75.7 Å². The Balaban J connectivity index is -0.0000000134. The predicted octanol–water partition coefficient (Wildman–Crippen LogP) is -16.7. The van der Waals surface area contributed by atoms with Crippen molar-refractivity contribution in [3.8, 4) is 0 Å². The largest absolute Gasteiger partial charge is 3.00 e.